The molecule has 1 aromatic rings. The van der Waals surface area contributed by atoms with Crippen LogP contribution in [-0.4, -0.2) is 23.9 Å². The molecule has 0 amide bonds. The van der Waals surface area contributed by atoms with E-state index in [4.69, 9.17) is 15.2 Å². The van der Waals surface area contributed by atoms with E-state index in [1.165, 1.54) is 5.56 Å². The highest BCUT2D eigenvalue weighted by Gasteiger charge is 2.36. The first-order chi connectivity index (χ1) is 9.52. The Morgan fingerprint density at radius 1 is 1.15 bits per heavy atom. The smallest absolute Gasteiger partial charge is 0.165 e. The molecule has 0 fully saturated rings. The van der Waals surface area contributed by atoms with Crippen molar-refractivity contribution < 1.29 is 14.6 Å². The predicted molar refractivity (Wildman–Crippen MR) is 77.8 cm³/mol. The average molecular weight is 277 g/mol. The third-order valence-corrected chi connectivity index (χ3v) is 4.33. The van der Waals surface area contributed by atoms with Crippen molar-refractivity contribution in [3.63, 3.8) is 0 Å². The summed E-state index contributed by atoms with van der Waals surface area (Å²) in [6.45, 7) is 6.89. The number of ether oxygens (including phenoxy) is 2. The number of phenols is 1. The van der Waals surface area contributed by atoms with Crippen molar-refractivity contribution in [2.24, 2.45) is 5.73 Å². The third-order valence-electron chi connectivity index (χ3n) is 4.33. The number of benzene rings is 1. The summed E-state index contributed by atoms with van der Waals surface area (Å²) in [5.74, 6) is 2.16. The summed E-state index contributed by atoms with van der Waals surface area (Å²) < 4.78 is 11.8. The molecule has 4 nitrogen and oxygen atoms in total. The largest absolute Gasteiger partial charge is 0.504 e. The Balaban J connectivity index is 2.17. The van der Waals surface area contributed by atoms with Gasteiger partial charge in [0.15, 0.2) is 11.5 Å². The van der Waals surface area contributed by atoms with Crippen LogP contribution in [0.25, 0.3) is 0 Å². The Kier molecular flexibility index (Phi) is 3.28. The van der Waals surface area contributed by atoms with Crippen LogP contribution in [0.15, 0.2) is 0 Å². The summed E-state index contributed by atoms with van der Waals surface area (Å²) >= 11 is 0. The zero-order chi connectivity index (χ0) is 14.4. The predicted octanol–water partition coefficient (Wildman–Crippen LogP) is 2.49. The maximum absolute atomic E-state index is 10.5. The van der Waals surface area contributed by atoms with Gasteiger partial charge in [-0.1, -0.05) is 6.92 Å². The minimum atomic E-state index is 0.111. The summed E-state index contributed by atoms with van der Waals surface area (Å²) in [6, 6.07) is 0. The van der Waals surface area contributed by atoms with E-state index in [1.807, 2.05) is 13.8 Å². The van der Waals surface area contributed by atoms with Crippen LogP contribution in [0.2, 0.25) is 0 Å². The van der Waals surface area contributed by atoms with Gasteiger partial charge in [0.05, 0.1) is 0 Å². The molecule has 2 aliphatic heterocycles. The summed E-state index contributed by atoms with van der Waals surface area (Å²) in [7, 11) is 0. The lowest BCUT2D eigenvalue weighted by Gasteiger charge is -2.19. The quantitative estimate of drug-likeness (QED) is 0.891. The summed E-state index contributed by atoms with van der Waals surface area (Å²) in [6.07, 6.45) is 2.71. The zero-order valence-corrected chi connectivity index (χ0v) is 12.4. The van der Waals surface area contributed by atoms with Crippen LogP contribution >= 0.6 is 0 Å². The molecule has 110 valence electrons. The molecule has 2 heterocycles. The van der Waals surface area contributed by atoms with E-state index >= 15 is 0 Å². The van der Waals surface area contributed by atoms with Crippen LogP contribution < -0.4 is 15.2 Å². The molecular weight excluding hydrogens is 254 g/mol. The van der Waals surface area contributed by atoms with Crippen LogP contribution in [0.4, 0.5) is 0 Å². The van der Waals surface area contributed by atoms with Crippen molar-refractivity contribution >= 4 is 0 Å². The van der Waals surface area contributed by atoms with Gasteiger partial charge in [0.25, 0.3) is 0 Å². The Morgan fingerprint density at radius 3 is 2.40 bits per heavy atom. The van der Waals surface area contributed by atoms with Gasteiger partial charge in [-0.15, -0.1) is 0 Å². The molecule has 3 N–H and O–H groups in total. The summed E-state index contributed by atoms with van der Waals surface area (Å²) in [5, 5.41) is 10.5. The van der Waals surface area contributed by atoms with Gasteiger partial charge in [-0.3, -0.25) is 0 Å². The van der Waals surface area contributed by atoms with Crippen LogP contribution in [0.5, 0.6) is 17.2 Å². The number of hydrogen-bond acceptors (Lipinski definition) is 4. The van der Waals surface area contributed by atoms with Gasteiger partial charge >= 0.3 is 0 Å². The maximum atomic E-state index is 10.5. The first kappa shape index (κ1) is 13.6. The van der Waals surface area contributed by atoms with Crippen molar-refractivity contribution in [2.75, 3.05) is 6.54 Å². The van der Waals surface area contributed by atoms with Crippen molar-refractivity contribution in [1.29, 1.82) is 0 Å². The Bertz CT molecular complexity index is 502. The van der Waals surface area contributed by atoms with E-state index in [-0.39, 0.29) is 18.0 Å². The standard InChI is InChI=1S/C16H23NO3/c1-8(4-5-17)13-11-6-9(2)20-16(11)14(18)12-7-10(3)19-15(12)13/h8-10,18H,4-7,17H2,1-3H3. The zero-order valence-electron chi connectivity index (χ0n) is 12.4. The number of phenolic OH excluding ortho intramolecular Hbond substituents is 1. The lowest BCUT2D eigenvalue weighted by atomic mass is 9.88. The minimum absolute atomic E-state index is 0.111. The number of aromatic hydroxyl groups is 1. The molecule has 1 aromatic carbocycles. The second-order valence-electron chi connectivity index (χ2n) is 6.12. The molecule has 2 aliphatic rings. The summed E-state index contributed by atoms with van der Waals surface area (Å²) in [4.78, 5) is 0. The first-order valence-corrected chi connectivity index (χ1v) is 7.46. The lowest BCUT2D eigenvalue weighted by molar-refractivity contribution is 0.244. The number of nitrogens with two attached hydrogens (primary N) is 1. The molecule has 0 saturated carbocycles. The number of fused-ring (bicyclic) bond motifs is 2. The molecule has 0 bridgehead atoms. The Morgan fingerprint density at radius 2 is 1.75 bits per heavy atom. The topological polar surface area (TPSA) is 64.7 Å². The highest BCUT2D eigenvalue weighted by molar-refractivity contribution is 5.66. The fraction of sp³-hybridized carbons (Fsp3) is 0.625. The van der Waals surface area contributed by atoms with Crippen LogP contribution in [0.3, 0.4) is 0 Å². The Labute approximate surface area is 119 Å². The van der Waals surface area contributed by atoms with E-state index in [0.717, 1.165) is 36.1 Å². The molecule has 0 aliphatic carbocycles. The third kappa shape index (κ3) is 1.94. The van der Waals surface area contributed by atoms with Crippen LogP contribution in [-0.2, 0) is 12.8 Å². The first-order valence-electron chi connectivity index (χ1n) is 7.46. The van der Waals surface area contributed by atoms with Gasteiger partial charge in [0.2, 0.25) is 0 Å². The molecule has 0 radical (unpaired) electrons. The van der Waals surface area contributed by atoms with Crippen molar-refractivity contribution in [3.05, 3.63) is 16.7 Å². The van der Waals surface area contributed by atoms with Gasteiger partial charge in [0, 0.05) is 29.5 Å². The van der Waals surface area contributed by atoms with E-state index in [0.29, 0.717) is 18.2 Å². The number of hydrogen-bond donors (Lipinski definition) is 2. The van der Waals surface area contributed by atoms with E-state index < -0.39 is 0 Å². The van der Waals surface area contributed by atoms with Gasteiger partial charge in [-0.2, -0.15) is 0 Å². The van der Waals surface area contributed by atoms with E-state index in [9.17, 15) is 5.11 Å². The highest BCUT2D eigenvalue weighted by Crippen LogP contribution is 2.52. The fourth-order valence-corrected chi connectivity index (χ4v) is 3.44. The fourth-order valence-electron chi connectivity index (χ4n) is 3.44. The molecule has 3 unspecified atom stereocenters. The molecule has 3 atom stereocenters. The van der Waals surface area contributed by atoms with Gasteiger partial charge in [-0.05, 0) is 32.7 Å². The minimum Gasteiger partial charge on any atom is -0.504 e. The average Bonchev–Trinajstić information content (AvgIpc) is 2.93. The van der Waals surface area contributed by atoms with Crippen LogP contribution in [0, 0.1) is 0 Å². The summed E-state index contributed by atoms with van der Waals surface area (Å²) in [5.41, 5.74) is 8.94. The molecule has 0 saturated heterocycles. The van der Waals surface area contributed by atoms with E-state index in [1.54, 1.807) is 0 Å². The van der Waals surface area contributed by atoms with Crippen molar-refractivity contribution in [2.45, 2.75) is 58.2 Å². The van der Waals surface area contributed by atoms with Gasteiger partial charge in [-0.25, -0.2) is 0 Å². The highest BCUT2D eigenvalue weighted by atomic mass is 16.5. The van der Waals surface area contributed by atoms with Gasteiger partial charge in [0.1, 0.15) is 18.0 Å². The molecular formula is C16H23NO3. The van der Waals surface area contributed by atoms with Crippen molar-refractivity contribution in [3.8, 4) is 17.2 Å². The normalized spacial score (nSPS) is 24.8. The van der Waals surface area contributed by atoms with Crippen LogP contribution in [0.1, 0.15) is 49.8 Å². The monoisotopic (exact) mass is 277 g/mol. The SMILES string of the molecule is CC1Cc2c(c(O)c3c(c2C(C)CCN)OC(C)C3)O1. The Hall–Kier alpha value is -1.42. The lowest BCUT2D eigenvalue weighted by Crippen LogP contribution is -2.10. The molecule has 3 rings (SSSR count). The molecule has 0 spiro atoms. The number of rotatable bonds is 3. The second kappa shape index (κ2) is 4.85. The molecule has 4 heteroatoms. The molecule has 20 heavy (non-hydrogen) atoms. The van der Waals surface area contributed by atoms with E-state index in [2.05, 4.69) is 6.92 Å². The van der Waals surface area contributed by atoms with Crippen molar-refractivity contribution in [1.82, 2.24) is 0 Å². The molecule has 0 aromatic heterocycles. The maximum Gasteiger partial charge on any atom is 0.165 e. The second-order valence-corrected chi connectivity index (χ2v) is 6.12. The van der Waals surface area contributed by atoms with Gasteiger partial charge < -0.3 is 20.3 Å².